The van der Waals surface area contributed by atoms with Crippen LogP contribution < -0.4 is 4.74 Å². The molecule has 0 N–H and O–H groups in total. The molecule has 1 aromatic heterocycles. The minimum Gasteiger partial charge on any atom is -0.496 e. The van der Waals surface area contributed by atoms with Crippen molar-refractivity contribution >= 4 is 11.3 Å². The molecule has 0 saturated carbocycles. The third kappa shape index (κ3) is 2.15. The Hall–Kier alpha value is -1.86. The molecule has 0 aliphatic heterocycles. The van der Waals surface area contributed by atoms with E-state index < -0.39 is 0 Å². The van der Waals surface area contributed by atoms with Gasteiger partial charge in [-0.15, -0.1) is 11.3 Å². The molecule has 0 amide bonds. The maximum atomic E-state index is 8.79. The molecule has 0 atom stereocenters. The van der Waals surface area contributed by atoms with Gasteiger partial charge in [-0.25, -0.2) is 4.98 Å². The van der Waals surface area contributed by atoms with Gasteiger partial charge in [0.25, 0.3) is 0 Å². The third-order valence-electron chi connectivity index (χ3n) is 2.69. The number of rotatable bonds is 2. The van der Waals surface area contributed by atoms with Crippen molar-refractivity contribution in [1.82, 2.24) is 4.98 Å². The molecule has 0 saturated heterocycles. The minimum atomic E-state index is 0.472. The highest BCUT2D eigenvalue weighted by Crippen LogP contribution is 2.33. The Balaban J connectivity index is 2.58. The molecule has 17 heavy (non-hydrogen) atoms. The van der Waals surface area contributed by atoms with Crippen molar-refractivity contribution in [3.8, 4) is 23.1 Å². The molecule has 1 aromatic carbocycles. The summed E-state index contributed by atoms with van der Waals surface area (Å²) in [6.07, 6.45) is 0. The van der Waals surface area contributed by atoms with Gasteiger partial charge < -0.3 is 4.74 Å². The highest BCUT2D eigenvalue weighted by molar-refractivity contribution is 7.10. The molecular weight excluding hydrogens is 232 g/mol. The summed E-state index contributed by atoms with van der Waals surface area (Å²) < 4.78 is 5.36. The van der Waals surface area contributed by atoms with E-state index in [2.05, 4.69) is 11.9 Å². The van der Waals surface area contributed by atoms with Gasteiger partial charge in [0.05, 0.1) is 12.8 Å². The van der Waals surface area contributed by atoms with Crippen LogP contribution in [0.1, 0.15) is 16.1 Å². The molecule has 0 bridgehead atoms. The molecule has 0 aliphatic carbocycles. The van der Waals surface area contributed by atoms with E-state index in [1.807, 2.05) is 30.5 Å². The van der Waals surface area contributed by atoms with E-state index >= 15 is 0 Å². The molecule has 2 aromatic rings. The van der Waals surface area contributed by atoms with Gasteiger partial charge in [-0.1, -0.05) is 0 Å². The average Bonchev–Trinajstić information content (AvgIpc) is 2.80. The van der Waals surface area contributed by atoms with E-state index in [-0.39, 0.29) is 0 Å². The number of aromatic nitrogens is 1. The van der Waals surface area contributed by atoms with Crippen LogP contribution in [0, 0.1) is 25.2 Å². The van der Waals surface area contributed by atoms with E-state index in [1.54, 1.807) is 7.11 Å². The molecule has 0 spiro atoms. The van der Waals surface area contributed by atoms with Crippen LogP contribution >= 0.6 is 11.3 Å². The summed E-state index contributed by atoms with van der Waals surface area (Å²) in [5.41, 5.74) is 4.11. The van der Waals surface area contributed by atoms with Crippen LogP contribution in [0.15, 0.2) is 17.5 Å². The molecule has 86 valence electrons. The Labute approximate surface area is 104 Å². The van der Waals surface area contributed by atoms with Crippen LogP contribution in [0.25, 0.3) is 11.3 Å². The predicted molar refractivity (Wildman–Crippen MR) is 68.3 cm³/mol. The zero-order valence-electron chi connectivity index (χ0n) is 9.94. The molecule has 0 aliphatic rings. The van der Waals surface area contributed by atoms with E-state index in [1.165, 1.54) is 22.5 Å². The Morgan fingerprint density at radius 3 is 2.59 bits per heavy atom. The normalized spacial score (nSPS) is 10.0. The Bertz CT molecular complexity index is 596. The zero-order valence-corrected chi connectivity index (χ0v) is 10.8. The lowest BCUT2D eigenvalue weighted by Gasteiger charge is -2.09. The van der Waals surface area contributed by atoms with Crippen molar-refractivity contribution in [2.24, 2.45) is 0 Å². The standard InChI is InChI=1S/C13H12N2OS/c1-8-4-10(12(16-3)5-9(8)2)11-7-17-13(6-14)15-11/h4-5,7H,1-3H3. The highest BCUT2D eigenvalue weighted by atomic mass is 32.1. The van der Waals surface area contributed by atoms with Crippen LogP contribution in [0.5, 0.6) is 5.75 Å². The first-order valence-corrected chi connectivity index (χ1v) is 6.05. The summed E-state index contributed by atoms with van der Waals surface area (Å²) in [6.45, 7) is 4.10. The molecule has 3 nitrogen and oxygen atoms in total. The first-order chi connectivity index (χ1) is 8.15. The molecule has 0 unspecified atom stereocenters. The maximum absolute atomic E-state index is 8.79. The number of thiazole rings is 1. The van der Waals surface area contributed by atoms with E-state index in [4.69, 9.17) is 10.00 Å². The van der Waals surface area contributed by atoms with Gasteiger partial charge in [-0.05, 0) is 37.1 Å². The smallest absolute Gasteiger partial charge is 0.194 e. The largest absolute Gasteiger partial charge is 0.496 e. The van der Waals surface area contributed by atoms with Gasteiger partial charge in [0, 0.05) is 10.9 Å². The van der Waals surface area contributed by atoms with Gasteiger partial charge in [-0.3, -0.25) is 0 Å². The van der Waals surface area contributed by atoms with Gasteiger partial charge in [-0.2, -0.15) is 5.26 Å². The summed E-state index contributed by atoms with van der Waals surface area (Å²) in [5.74, 6) is 0.794. The Morgan fingerprint density at radius 2 is 2.00 bits per heavy atom. The summed E-state index contributed by atoms with van der Waals surface area (Å²) in [4.78, 5) is 4.26. The van der Waals surface area contributed by atoms with Crippen molar-refractivity contribution in [3.05, 3.63) is 33.6 Å². The third-order valence-corrected chi connectivity index (χ3v) is 3.44. The second kappa shape index (κ2) is 4.56. The van der Waals surface area contributed by atoms with Crippen molar-refractivity contribution in [2.75, 3.05) is 7.11 Å². The SMILES string of the molecule is COc1cc(C)c(C)cc1-c1csc(C#N)n1. The lowest BCUT2D eigenvalue weighted by Crippen LogP contribution is -1.92. The van der Waals surface area contributed by atoms with E-state index in [0.29, 0.717) is 5.01 Å². The van der Waals surface area contributed by atoms with E-state index in [0.717, 1.165) is 17.0 Å². The Kier molecular flexibility index (Phi) is 3.12. The topological polar surface area (TPSA) is 45.9 Å². The van der Waals surface area contributed by atoms with Gasteiger partial charge in [0.15, 0.2) is 5.01 Å². The second-order valence-electron chi connectivity index (χ2n) is 3.79. The van der Waals surface area contributed by atoms with Crippen LogP contribution in [-0.4, -0.2) is 12.1 Å². The van der Waals surface area contributed by atoms with Crippen molar-refractivity contribution in [3.63, 3.8) is 0 Å². The van der Waals surface area contributed by atoms with Crippen LogP contribution in [0.2, 0.25) is 0 Å². The number of methoxy groups -OCH3 is 1. The Morgan fingerprint density at radius 1 is 1.29 bits per heavy atom. The summed E-state index contributed by atoms with van der Waals surface area (Å²) in [7, 11) is 1.64. The predicted octanol–water partition coefficient (Wildman–Crippen LogP) is 3.31. The maximum Gasteiger partial charge on any atom is 0.194 e. The summed E-state index contributed by atoms with van der Waals surface area (Å²) in [5, 5.41) is 11.1. The summed E-state index contributed by atoms with van der Waals surface area (Å²) in [6, 6.07) is 6.09. The number of aryl methyl sites for hydroxylation is 2. The van der Waals surface area contributed by atoms with Crippen LogP contribution in [0.3, 0.4) is 0 Å². The van der Waals surface area contributed by atoms with Crippen LogP contribution in [-0.2, 0) is 0 Å². The molecule has 2 rings (SSSR count). The second-order valence-corrected chi connectivity index (χ2v) is 4.64. The molecule has 0 fully saturated rings. The number of hydrogen-bond donors (Lipinski definition) is 0. The lowest BCUT2D eigenvalue weighted by molar-refractivity contribution is 0.416. The average molecular weight is 244 g/mol. The number of benzene rings is 1. The quantitative estimate of drug-likeness (QED) is 0.814. The number of hydrogen-bond acceptors (Lipinski definition) is 4. The summed E-state index contributed by atoms with van der Waals surface area (Å²) >= 11 is 1.35. The van der Waals surface area contributed by atoms with Crippen molar-refractivity contribution in [2.45, 2.75) is 13.8 Å². The fourth-order valence-electron chi connectivity index (χ4n) is 1.61. The fraction of sp³-hybridized carbons (Fsp3) is 0.231. The van der Waals surface area contributed by atoms with Crippen molar-refractivity contribution in [1.29, 1.82) is 5.26 Å². The lowest BCUT2D eigenvalue weighted by atomic mass is 10.0. The fourth-order valence-corrected chi connectivity index (χ4v) is 2.21. The monoisotopic (exact) mass is 244 g/mol. The number of nitriles is 1. The van der Waals surface area contributed by atoms with Gasteiger partial charge in [0.2, 0.25) is 0 Å². The highest BCUT2D eigenvalue weighted by Gasteiger charge is 2.11. The van der Waals surface area contributed by atoms with E-state index in [9.17, 15) is 0 Å². The first-order valence-electron chi connectivity index (χ1n) is 5.17. The van der Waals surface area contributed by atoms with Gasteiger partial charge in [0.1, 0.15) is 11.8 Å². The zero-order chi connectivity index (χ0) is 12.4. The minimum absolute atomic E-state index is 0.472. The molecule has 0 radical (unpaired) electrons. The van der Waals surface area contributed by atoms with Crippen molar-refractivity contribution < 1.29 is 4.74 Å². The molecule has 1 heterocycles. The molecular formula is C13H12N2OS. The molecule has 4 heteroatoms. The van der Waals surface area contributed by atoms with Crippen LogP contribution in [0.4, 0.5) is 0 Å². The van der Waals surface area contributed by atoms with Gasteiger partial charge >= 0.3 is 0 Å². The number of nitrogens with zero attached hydrogens (tertiary/aromatic N) is 2. The first kappa shape index (κ1) is 11.6. The number of ether oxygens (including phenoxy) is 1.